The zero-order valence-corrected chi connectivity index (χ0v) is 14.8. The number of aromatic nitrogens is 1. The molecule has 28 heavy (non-hydrogen) atoms. The molecular weight excluding hydrogens is 354 g/mol. The topological polar surface area (TPSA) is 83.5 Å². The Bertz CT molecular complexity index is 1130. The Balaban J connectivity index is 1.63. The molecule has 0 atom stereocenters. The number of fused-ring (bicyclic) bond motifs is 1. The second-order valence-electron chi connectivity index (χ2n) is 6.06. The van der Waals surface area contributed by atoms with Crippen LogP contribution in [0.2, 0.25) is 0 Å². The third-order valence-corrected chi connectivity index (χ3v) is 4.13. The fourth-order valence-corrected chi connectivity index (χ4v) is 2.92. The number of carboxylic acid groups (broad SMARTS) is 1. The summed E-state index contributed by atoms with van der Waals surface area (Å²) in [7, 11) is 0. The lowest BCUT2D eigenvalue weighted by molar-refractivity contribution is 0.210. The second kappa shape index (κ2) is 7.67. The number of hydrogen-bond donors (Lipinski definition) is 3. The van der Waals surface area contributed by atoms with Crippen LogP contribution in [0.25, 0.3) is 10.8 Å². The van der Waals surface area contributed by atoms with Crippen LogP contribution in [0.15, 0.2) is 85.1 Å². The van der Waals surface area contributed by atoms with E-state index < -0.39 is 6.09 Å². The van der Waals surface area contributed by atoms with Gasteiger partial charge in [-0.1, -0.05) is 42.5 Å². The average Bonchev–Trinajstić information content (AvgIpc) is 2.71. The number of amides is 1. The van der Waals surface area contributed by atoms with Crippen LogP contribution in [0, 0.1) is 0 Å². The highest BCUT2D eigenvalue weighted by Crippen LogP contribution is 2.34. The van der Waals surface area contributed by atoms with Gasteiger partial charge in [-0.05, 0) is 30.3 Å². The minimum Gasteiger partial charge on any atom is -0.465 e. The molecule has 0 unspecified atom stereocenters. The van der Waals surface area contributed by atoms with Crippen LogP contribution in [0.4, 0.5) is 22.0 Å². The quantitative estimate of drug-likeness (QED) is 0.409. The van der Waals surface area contributed by atoms with Crippen LogP contribution in [-0.2, 0) is 0 Å². The number of anilines is 3. The van der Waals surface area contributed by atoms with Gasteiger partial charge in [0.25, 0.3) is 0 Å². The molecular formula is C22H17N3O3. The summed E-state index contributed by atoms with van der Waals surface area (Å²) in [6.45, 7) is 0. The Morgan fingerprint density at radius 3 is 2.43 bits per heavy atom. The van der Waals surface area contributed by atoms with Gasteiger partial charge in [0.1, 0.15) is 17.3 Å². The summed E-state index contributed by atoms with van der Waals surface area (Å²) in [4.78, 5) is 15.3. The SMILES string of the molecule is O=C(O)Nc1ccc(Oc2ccnc(Nc3ccccc3)c2)c2ccccc12. The zero-order chi connectivity index (χ0) is 19.3. The maximum absolute atomic E-state index is 11.0. The normalized spacial score (nSPS) is 10.4. The van der Waals surface area contributed by atoms with Crippen molar-refractivity contribution >= 4 is 34.1 Å². The number of ether oxygens (including phenoxy) is 1. The van der Waals surface area contributed by atoms with Gasteiger partial charge in [0, 0.05) is 28.7 Å². The first-order valence-corrected chi connectivity index (χ1v) is 8.67. The van der Waals surface area contributed by atoms with Crippen LogP contribution in [0.1, 0.15) is 0 Å². The summed E-state index contributed by atoms with van der Waals surface area (Å²) in [5.74, 6) is 1.91. The molecule has 0 aliphatic heterocycles. The van der Waals surface area contributed by atoms with Crippen LogP contribution >= 0.6 is 0 Å². The Hall–Kier alpha value is -4.06. The Morgan fingerprint density at radius 2 is 1.64 bits per heavy atom. The van der Waals surface area contributed by atoms with E-state index in [0.29, 0.717) is 23.0 Å². The molecule has 0 aliphatic rings. The molecule has 6 nitrogen and oxygen atoms in total. The maximum atomic E-state index is 11.0. The molecule has 4 rings (SSSR count). The third-order valence-electron chi connectivity index (χ3n) is 4.13. The van der Waals surface area contributed by atoms with E-state index in [1.807, 2.05) is 60.7 Å². The monoisotopic (exact) mass is 371 g/mol. The lowest BCUT2D eigenvalue weighted by Crippen LogP contribution is -2.07. The molecule has 0 radical (unpaired) electrons. The van der Waals surface area contributed by atoms with Crippen LogP contribution in [0.5, 0.6) is 11.5 Å². The molecule has 4 aromatic rings. The first-order chi connectivity index (χ1) is 13.7. The van der Waals surface area contributed by atoms with E-state index in [1.165, 1.54) is 0 Å². The number of para-hydroxylation sites is 1. The van der Waals surface area contributed by atoms with Gasteiger partial charge in [-0.15, -0.1) is 0 Å². The summed E-state index contributed by atoms with van der Waals surface area (Å²) >= 11 is 0. The van der Waals surface area contributed by atoms with E-state index in [9.17, 15) is 4.79 Å². The van der Waals surface area contributed by atoms with E-state index in [0.717, 1.165) is 16.5 Å². The van der Waals surface area contributed by atoms with Gasteiger partial charge < -0.3 is 15.2 Å². The number of rotatable bonds is 5. The Labute approximate surface area is 161 Å². The van der Waals surface area contributed by atoms with Crippen molar-refractivity contribution in [1.29, 1.82) is 0 Å². The predicted molar refractivity (Wildman–Crippen MR) is 110 cm³/mol. The summed E-state index contributed by atoms with van der Waals surface area (Å²) in [6.07, 6.45) is 0.563. The van der Waals surface area contributed by atoms with Crippen molar-refractivity contribution in [3.63, 3.8) is 0 Å². The van der Waals surface area contributed by atoms with Gasteiger partial charge in [-0.3, -0.25) is 5.32 Å². The molecule has 1 aromatic heterocycles. The van der Waals surface area contributed by atoms with Gasteiger partial charge in [0.2, 0.25) is 0 Å². The van der Waals surface area contributed by atoms with E-state index in [2.05, 4.69) is 15.6 Å². The standard InChI is InChI=1S/C22H17N3O3/c26-22(27)25-19-10-11-20(18-9-5-4-8-17(18)19)28-16-12-13-23-21(14-16)24-15-6-2-1-3-7-15/h1-14,25H,(H,23,24)(H,26,27). The molecule has 138 valence electrons. The molecule has 3 aromatic carbocycles. The van der Waals surface area contributed by atoms with Gasteiger partial charge in [-0.25, -0.2) is 9.78 Å². The number of nitrogens with one attached hydrogen (secondary N) is 2. The highest BCUT2D eigenvalue weighted by Gasteiger charge is 2.10. The molecule has 0 saturated heterocycles. The molecule has 0 fully saturated rings. The third kappa shape index (κ3) is 3.86. The summed E-state index contributed by atoms with van der Waals surface area (Å²) in [5.41, 5.74) is 1.44. The van der Waals surface area contributed by atoms with Gasteiger partial charge >= 0.3 is 6.09 Å². The highest BCUT2D eigenvalue weighted by atomic mass is 16.5. The predicted octanol–water partition coefficient (Wildman–Crippen LogP) is 5.86. The van der Waals surface area contributed by atoms with Gasteiger partial charge in [0.05, 0.1) is 5.69 Å². The minimum atomic E-state index is -1.11. The summed E-state index contributed by atoms with van der Waals surface area (Å²) in [5, 5.41) is 16.2. The first kappa shape index (κ1) is 17.4. The fraction of sp³-hybridized carbons (Fsp3) is 0. The van der Waals surface area contributed by atoms with Gasteiger partial charge in [-0.2, -0.15) is 0 Å². The molecule has 0 saturated carbocycles. The van der Waals surface area contributed by atoms with Crippen molar-refractivity contribution < 1.29 is 14.6 Å². The molecule has 6 heteroatoms. The maximum Gasteiger partial charge on any atom is 0.409 e. The molecule has 0 aliphatic carbocycles. The van der Waals surface area contributed by atoms with Crippen molar-refractivity contribution in [1.82, 2.24) is 4.98 Å². The first-order valence-electron chi connectivity index (χ1n) is 8.67. The van der Waals surface area contributed by atoms with Crippen molar-refractivity contribution in [2.45, 2.75) is 0 Å². The zero-order valence-electron chi connectivity index (χ0n) is 14.8. The molecule has 3 N–H and O–H groups in total. The van der Waals surface area contributed by atoms with Crippen molar-refractivity contribution in [3.05, 3.63) is 85.1 Å². The van der Waals surface area contributed by atoms with Crippen LogP contribution in [0.3, 0.4) is 0 Å². The van der Waals surface area contributed by atoms with E-state index in [4.69, 9.17) is 9.84 Å². The van der Waals surface area contributed by atoms with E-state index >= 15 is 0 Å². The average molecular weight is 371 g/mol. The van der Waals surface area contributed by atoms with Crippen LogP contribution < -0.4 is 15.4 Å². The number of carbonyl (C=O) groups is 1. The number of hydrogen-bond acceptors (Lipinski definition) is 4. The van der Waals surface area contributed by atoms with Crippen molar-refractivity contribution in [3.8, 4) is 11.5 Å². The van der Waals surface area contributed by atoms with Crippen molar-refractivity contribution in [2.75, 3.05) is 10.6 Å². The summed E-state index contributed by atoms with van der Waals surface area (Å²) in [6, 6.07) is 24.3. The smallest absolute Gasteiger partial charge is 0.409 e. The molecule has 1 heterocycles. The van der Waals surface area contributed by atoms with E-state index in [-0.39, 0.29) is 0 Å². The summed E-state index contributed by atoms with van der Waals surface area (Å²) < 4.78 is 6.07. The largest absolute Gasteiger partial charge is 0.465 e. The highest BCUT2D eigenvalue weighted by molar-refractivity contribution is 6.02. The Kier molecular flexibility index (Phi) is 4.76. The second-order valence-corrected chi connectivity index (χ2v) is 6.06. The lowest BCUT2D eigenvalue weighted by atomic mass is 10.1. The minimum absolute atomic E-state index is 0.511. The van der Waals surface area contributed by atoms with Gasteiger partial charge in [0.15, 0.2) is 0 Å². The molecule has 0 spiro atoms. The molecule has 1 amide bonds. The number of nitrogens with zero attached hydrogens (tertiary/aromatic N) is 1. The van der Waals surface area contributed by atoms with Crippen molar-refractivity contribution in [2.24, 2.45) is 0 Å². The number of pyridine rings is 1. The Morgan fingerprint density at radius 1 is 0.893 bits per heavy atom. The number of benzene rings is 3. The fourth-order valence-electron chi connectivity index (χ4n) is 2.92. The molecule has 0 bridgehead atoms. The van der Waals surface area contributed by atoms with Crippen LogP contribution in [-0.4, -0.2) is 16.2 Å². The lowest BCUT2D eigenvalue weighted by Gasteiger charge is -2.13. The van der Waals surface area contributed by atoms with E-state index in [1.54, 1.807) is 24.4 Å².